The fraction of sp³-hybridized carbons (Fsp3) is 0.308. The molecular formula is C26H30N2O3. The Morgan fingerprint density at radius 2 is 1.45 bits per heavy atom. The molecule has 0 spiro atoms. The molecule has 3 aromatic carbocycles. The van der Waals surface area contributed by atoms with Gasteiger partial charge in [-0.15, -0.1) is 0 Å². The highest BCUT2D eigenvalue weighted by atomic mass is 16.5. The van der Waals surface area contributed by atoms with E-state index < -0.39 is 12.0 Å². The standard InChI is InChI=1S/C26H30N2O3/c1-17(2)15-20-9-11-21(12-10-20)18(3)25(29)27-28-26(30)19(4)31-24-14-13-22-7-5-6-8-23(22)16-24/h5-14,16-19H,15H2,1-4H3,(H,27,29)(H,28,30). The average Bonchev–Trinajstić information content (AvgIpc) is 2.76. The lowest BCUT2D eigenvalue weighted by atomic mass is 9.96. The molecule has 0 saturated heterocycles. The molecule has 2 atom stereocenters. The van der Waals surface area contributed by atoms with Crippen LogP contribution < -0.4 is 15.6 Å². The Morgan fingerprint density at radius 1 is 0.806 bits per heavy atom. The van der Waals surface area contributed by atoms with Crippen LogP contribution in [0.5, 0.6) is 5.75 Å². The molecule has 0 aliphatic rings. The van der Waals surface area contributed by atoms with Gasteiger partial charge in [0.1, 0.15) is 5.75 Å². The summed E-state index contributed by atoms with van der Waals surface area (Å²) in [7, 11) is 0. The molecule has 5 nitrogen and oxygen atoms in total. The molecule has 3 rings (SSSR count). The van der Waals surface area contributed by atoms with E-state index in [4.69, 9.17) is 4.74 Å². The first-order valence-corrected chi connectivity index (χ1v) is 10.7. The maximum absolute atomic E-state index is 12.5. The number of fused-ring (bicyclic) bond motifs is 1. The van der Waals surface area contributed by atoms with Gasteiger partial charge in [0.05, 0.1) is 5.92 Å². The molecule has 3 aromatic rings. The Bertz CT molecular complexity index is 1040. The van der Waals surface area contributed by atoms with E-state index in [1.165, 1.54) is 5.56 Å². The third-order valence-electron chi connectivity index (χ3n) is 5.23. The zero-order valence-corrected chi connectivity index (χ0v) is 18.5. The second-order valence-corrected chi connectivity index (χ2v) is 8.31. The topological polar surface area (TPSA) is 67.4 Å². The average molecular weight is 419 g/mol. The smallest absolute Gasteiger partial charge is 0.279 e. The van der Waals surface area contributed by atoms with Gasteiger partial charge in [0.25, 0.3) is 5.91 Å². The molecule has 0 aliphatic heterocycles. The Hall–Kier alpha value is -3.34. The Labute approximate surface area is 183 Å². The Morgan fingerprint density at radius 3 is 2.13 bits per heavy atom. The van der Waals surface area contributed by atoms with Gasteiger partial charge in [0, 0.05) is 0 Å². The molecule has 0 fully saturated rings. The fourth-order valence-electron chi connectivity index (χ4n) is 3.40. The lowest BCUT2D eigenvalue weighted by Gasteiger charge is -2.17. The maximum Gasteiger partial charge on any atom is 0.279 e. The van der Waals surface area contributed by atoms with Crippen molar-refractivity contribution in [2.75, 3.05) is 0 Å². The van der Waals surface area contributed by atoms with Gasteiger partial charge in [-0.05, 0) is 60.2 Å². The number of carbonyl (C=O) groups excluding carboxylic acids is 2. The van der Waals surface area contributed by atoms with Crippen molar-refractivity contribution in [1.29, 1.82) is 0 Å². The van der Waals surface area contributed by atoms with E-state index in [9.17, 15) is 9.59 Å². The van der Waals surface area contributed by atoms with Crippen LogP contribution in [0.4, 0.5) is 0 Å². The second-order valence-electron chi connectivity index (χ2n) is 8.31. The number of amides is 2. The minimum absolute atomic E-state index is 0.275. The van der Waals surface area contributed by atoms with E-state index in [1.54, 1.807) is 6.92 Å². The highest BCUT2D eigenvalue weighted by Gasteiger charge is 2.19. The molecule has 5 heteroatoms. The third-order valence-corrected chi connectivity index (χ3v) is 5.23. The molecule has 2 unspecified atom stereocenters. The van der Waals surface area contributed by atoms with Gasteiger partial charge in [-0.3, -0.25) is 20.4 Å². The second kappa shape index (κ2) is 10.1. The number of ether oxygens (including phenoxy) is 1. The van der Waals surface area contributed by atoms with E-state index in [2.05, 4.69) is 36.8 Å². The Kier molecular flexibility index (Phi) is 7.29. The number of hydrogen-bond donors (Lipinski definition) is 2. The van der Waals surface area contributed by atoms with E-state index in [0.717, 1.165) is 22.8 Å². The molecule has 0 aliphatic carbocycles. The van der Waals surface area contributed by atoms with Crippen LogP contribution in [0.3, 0.4) is 0 Å². The van der Waals surface area contributed by atoms with Gasteiger partial charge < -0.3 is 4.74 Å². The van der Waals surface area contributed by atoms with Crippen LogP contribution in [0, 0.1) is 5.92 Å². The number of hydrazine groups is 1. The van der Waals surface area contributed by atoms with E-state index in [-0.39, 0.29) is 11.8 Å². The summed E-state index contributed by atoms with van der Waals surface area (Å²) >= 11 is 0. The monoisotopic (exact) mass is 418 g/mol. The SMILES string of the molecule is CC(C)Cc1ccc(C(C)C(=O)NNC(=O)C(C)Oc2ccc3ccccc3c2)cc1. The highest BCUT2D eigenvalue weighted by Crippen LogP contribution is 2.21. The fourth-order valence-corrected chi connectivity index (χ4v) is 3.40. The highest BCUT2D eigenvalue weighted by molar-refractivity contribution is 5.88. The van der Waals surface area contributed by atoms with Crippen molar-refractivity contribution >= 4 is 22.6 Å². The van der Waals surface area contributed by atoms with Crippen molar-refractivity contribution < 1.29 is 14.3 Å². The van der Waals surface area contributed by atoms with Crippen LogP contribution in [0.25, 0.3) is 10.8 Å². The van der Waals surface area contributed by atoms with Crippen molar-refractivity contribution in [3.05, 3.63) is 77.9 Å². The molecule has 0 saturated carbocycles. The summed E-state index contributed by atoms with van der Waals surface area (Å²) in [4.78, 5) is 24.8. The van der Waals surface area contributed by atoms with E-state index >= 15 is 0 Å². The number of nitrogens with one attached hydrogen (secondary N) is 2. The van der Waals surface area contributed by atoms with Gasteiger partial charge >= 0.3 is 0 Å². The van der Waals surface area contributed by atoms with Crippen LogP contribution in [0.2, 0.25) is 0 Å². The van der Waals surface area contributed by atoms with E-state index in [1.807, 2.05) is 61.5 Å². The molecule has 0 heterocycles. The maximum atomic E-state index is 12.5. The van der Waals surface area contributed by atoms with E-state index in [0.29, 0.717) is 11.7 Å². The molecule has 162 valence electrons. The van der Waals surface area contributed by atoms with Gasteiger partial charge in [0.2, 0.25) is 5.91 Å². The zero-order chi connectivity index (χ0) is 22.4. The molecule has 2 amide bonds. The quantitative estimate of drug-likeness (QED) is 0.544. The summed E-state index contributed by atoms with van der Waals surface area (Å²) in [5.41, 5.74) is 7.12. The van der Waals surface area contributed by atoms with Gasteiger partial charge in [-0.2, -0.15) is 0 Å². The molecule has 0 aromatic heterocycles. The number of hydrogen-bond acceptors (Lipinski definition) is 3. The summed E-state index contributed by atoms with van der Waals surface area (Å²) in [5, 5.41) is 2.14. The normalized spacial score (nSPS) is 12.9. The number of rotatable bonds is 7. The lowest BCUT2D eigenvalue weighted by molar-refractivity contribution is -0.133. The van der Waals surface area contributed by atoms with Crippen molar-refractivity contribution in [3.63, 3.8) is 0 Å². The number of carbonyl (C=O) groups is 2. The van der Waals surface area contributed by atoms with Crippen LogP contribution in [-0.2, 0) is 16.0 Å². The number of benzene rings is 3. The zero-order valence-electron chi connectivity index (χ0n) is 18.5. The molecule has 31 heavy (non-hydrogen) atoms. The van der Waals surface area contributed by atoms with Crippen molar-refractivity contribution in [2.45, 2.75) is 46.1 Å². The molecular weight excluding hydrogens is 388 g/mol. The summed E-state index contributed by atoms with van der Waals surface area (Å²) in [5.74, 6) is 0.108. The Balaban J connectivity index is 1.51. The van der Waals surface area contributed by atoms with Crippen LogP contribution in [-0.4, -0.2) is 17.9 Å². The summed E-state index contributed by atoms with van der Waals surface area (Å²) in [6, 6.07) is 21.6. The lowest BCUT2D eigenvalue weighted by Crippen LogP contribution is -2.48. The first-order chi connectivity index (χ1) is 14.8. The van der Waals surface area contributed by atoms with Crippen molar-refractivity contribution in [3.8, 4) is 5.75 Å². The van der Waals surface area contributed by atoms with Crippen LogP contribution in [0.1, 0.15) is 44.7 Å². The molecule has 0 radical (unpaired) electrons. The van der Waals surface area contributed by atoms with Crippen molar-refractivity contribution in [2.24, 2.45) is 5.92 Å². The largest absolute Gasteiger partial charge is 0.481 e. The molecule has 2 N–H and O–H groups in total. The minimum atomic E-state index is -0.757. The van der Waals surface area contributed by atoms with Gasteiger partial charge in [-0.25, -0.2) is 0 Å². The summed E-state index contributed by atoms with van der Waals surface area (Å²) < 4.78 is 5.74. The van der Waals surface area contributed by atoms with Crippen LogP contribution in [0.15, 0.2) is 66.7 Å². The minimum Gasteiger partial charge on any atom is -0.481 e. The first kappa shape index (κ1) is 22.3. The molecule has 0 bridgehead atoms. The predicted octanol–water partition coefficient (Wildman–Crippen LogP) is 4.76. The summed E-state index contributed by atoms with van der Waals surface area (Å²) in [6.45, 7) is 7.82. The predicted molar refractivity (Wildman–Crippen MR) is 124 cm³/mol. The first-order valence-electron chi connectivity index (χ1n) is 10.7. The van der Waals surface area contributed by atoms with Gasteiger partial charge in [0.15, 0.2) is 6.10 Å². The third kappa shape index (κ3) is 6.07. The van der Waals surface area contributed by atoms with Crippen LogP contribution >= 0.6 is 0 Å². The summed E-state index contributed by atoms with van der Waals surface area (Å²) in [6.07, 6.45) is 0.249. The van der Waals surface area contributed by atoms with Crippen molar-refractivity contribution in [1.82, 2.24) is 10.9 Å². The van der Waals surface area contributed by atoms with Gasteiger partial charge in [-0.1, -0.05) is 68.4 Å².